The van der Waals surface area contributed by atoms with Crippen molar-refractivity contribution >= 4 is 21.4 Å². The van der Waals surface area contributed by atoms with Gasteiger partial charge in [-0.3, -0.25) is 0 Å². The summed E-state index contributed by atoms with van der Waals surface area (Å²) in [6.45, 7) is 2.16. The molecule has 0 radical (unpaired) electrons. The highest BCUT2D eigenvalue weighted by atomic mass is 35.5. The third-order valence-corrected chi connectivity index (χ3v) is 5.75. The minimum atomic E-state index is -2.80. The van der Waals surface area contributed by atoms with Gasteiger partial charge >= 0.3 is 0 Å². The van der Waals surface area contributed by atoms with E-state index in [9.17, 15) is 8.42 Å². The molecule has 6 heteroatoms. The van der Waals surface area contributed by atoms with E-state index >= 15 is 0 Å². The molecule has 1 atom stereocenters. The van der Waals surface area contributed by atoms with E-state index in [1.807, 2.05) is 31.3 Å². The molecule has 1 fully saturated rings. The minimum Gasteiger partial charge on any atom is -0.313 e. The molecule has 0 aromatic heterocycles. The maximum absolute atomic E-state index is 11.4. The fourth-order valence-corrected chi connectivity index (χ4v) is 4.04. The van der Waals surface area contributed by atoms with E-state index in [1.54, 1.807) is 0 Å². The molecule has 1 unspecified atom stereocenters. The fraction of sp³-hybridized carbons (Fsp3) is 0.571. The first-order chi connectivity index (χ1) is 9.52. The van der Waals surface area contributed by atoms with Gasteiger partial charge in [0.2, 0.25) is 0 Å². The van der Waals surface area contributed by atoms with Crippen LogP contribution in [0.15, 0.2) is 24.3 Å². The van der Waals surface area contributed by atoms with Crippen molar-refractivity contribution < 1.29 is 8.42 Å². The fourth-order valence-electron chi connectivity index (χ4n) is 2.50. The molecule has 0 saturated carbocycles. The third-order valence-electron chi connectivity index (χ3n) is 3.80. The Kier molecular flexibility index (Phi) is 5.43. The van der Waals surface area contributed by atoms with Gasteiger partial charge in [-0.15, -0.1) is 0 Å². The molecule has 1 heterocycles. The lowest BCUT2D eigenvalue weighted by Crippen LogP contribution is -2.41. The van der Waals surface area contributed by atoms with Crippen LogP contribution in [0.4, 0.5) is 0 Å². The van der Waals surface area contributed by atoms with E-state index in [0.717, 1.165) is 23.6 Å². The molecular formula is C14H21ClN2O2S. The van der Waals surface area contributed by atoms with Gasteiger partial charge in [0.05, 0.1) is 11.5 Å². The first-order valence-corrected chi connectivity index (χ1v) is 9.06. The first kappa shape index (κ1) is 15.8. The van der Waals surface area contributed by atoms with Crippen LogP contribution in [0.2, 0.25) is 5.02 Å². The smallest absolute Gasteiger partial charge is 0.152 e. The minimum absolute atomic E-state index is 0.197. The van der Waals surface area contributed by atoms with E-state index in [2.05, 4.69) is 10.2 Å². The lowest BCUT2D eigenvalue weighted by atomic mass is 10.0. The van der Waals surface area contributed by atoms with Gasteiger partial charge < -0.3 is 10.2 Å². The molecule has 1 aromatic carbocycles. The second kappa shape index (κ2) is 6.89. The van der Waals surface area contributed by atoms with Gasteiger partial charge in [0.1, 0.15) is 0 Å². The molecular weight excluding hydrogens is 296 g/mol. The van der Waals surface area contributed by atoms with Crippen LogP contribution in [0.25, 0.3) is 0 Å². The van der Waals surface area contributed by atoms with Crippen molar-refractivity contribution in [3.63, 3.8) is 0 Å². The Hall–Kier alpha value is -0.620. The summed E-state index contributed by atoms with van der Waals surface area (Å²) in [4.78, 5) is 2.21. The summed E-state index contributed by atoms with van der Waals surface area (Å²) in [5.41, 5.74) is 1.10. The second-order valence-electron chi connectivity index (χ2n) is 5.14. The molecule has 112 valence electrons. The van der Waals surface area contributed by atoms with Crippen LogP contribution in [0, 0.1) is 0 Å². The second-order valence-corrected chi connectivity index (χ2v) is 7.86. The molecule has 1 N–H and O–H groups in total. The van der Waals surface area contributed by atoms with Gasteiger partial charge in [-0.25, -0.2) is 8.42 Å². The quantitative estimate of drug-likeness (QED) is 0.898. The Balaban J connectivity index is 1.91. The largest absolute Gasteiger partial charge is 0.313 e. The summed E-state index contributed by atoms with van der Waals surface area (Å²) in [6, 6.07) is 8.04. The van der Waals surface area contributed by atoms with Crippen LogP contribution >= 0.6 is 11.6 Å². The summed E-state index contributed by atoms with van der Waals surface area (Å²) >= 11 is 6.22. The highest BCUT2D eigenvalue weighted by Gasteiger charge is 2.22. The Bertz CT molecular complexity index is 534. The highest BCUT2D eigenvalue weighted by molar-refractivity contribution is 7.91. The summed E-state index contributed by atoms with van der Waals surface area (Å²) < 4.78 is 22.8. The highest BCUT2D eigenvalue weighted by Crippen LogP contribution is 2.25. The molecule has 1 saturated heterocycles. The van der Waals surface area contributed by atoms with Gasteiger partial charge in [0.15, 0.2) is 9.84 Å². The summed E-state index contributed by atoms with van der Waals surface area (Å²) in [7, 11) is -0.872. The number of nitrogens with one attached hydrogen (secondary N) is 1. The standard InChI is InChI=1S/C14H21ClN2O2S/c1-16-14(12-4-2-3-5-13(12)15)6-7-17-8-10-20(18,19)11-9-17/h2-5,14,16H,6-11H2,1H3. The number of nitrogens with zero attached hydrogens (tertiary/aromatic N) is 1. The van der Waals surface area contributed by atoms with Crippen molar-refractivity contribution in [1.82, 2.24) is 10.2 Å². The van der Waals surface area contributed by atoms with Gasteiger partial charge in [0.25, 0.3) is 0 Å². The molecule has 1 aliphatic rings. The Morgan fingerprint density at radius 2 is 1.95 bits per heavy atom. The van der Waals surface area contributed by atoms with Crippen molar-refractivity contribution in [2.75, 3.05) is 38.2 Å². The molecule has 0 spiro atoms. The van der Waals surface area contributed by atoms with Crippen LogP contribution in [0.5, 0.6) is 0 Å². The summed E-state index contributed by atoms with van der Waals surface area (Å²) in [5, 5.41) is 4.06. The lowest BCUT2D eigenvalue weighted by molar-refractivity contribution is 0.278. The molecule has 1 aromatic rings. The predicted octanol–water partition coefficient (Wildman–Crippen LogP) is 1.72. The zero-order valence-electron chi connectivity index (χ0n) is 11.7. The molecule has 0 aliphatic carbocycles. The molecule has 4 nitrogen and oxygen atoms in total. The van der Waals surface area contributed by atoms with Crippen LogP contribution in [-0.4, -0.2) is 51.5 Å². The maximum Gasteiger partial charge on any atom is 0.152 e. The van der Waals surface area contributed by atoms with E-state index in [1.165, 1.54) is 0 Å². The Morgan fingerprint density at radius 1 is 1.30 bits per heavy atom. The Labute approximate surface area is 126 Å². The first-order valence-electron chi connectivity index (χ1n) is 6.86. The Morgan fingerprint density at radius 3 is 2.55 bits per heavy atom. The monoisotopic (exact) mass is 316 g/mol. The summed E-state index contributed by atoms with van der Waals surface area (Å²) in [5.74, 6) is 0.562. The van der Waals surface area contributed by atoms with Crippen LogP contribution in [0.3, 0.4) is 0 Å². The number of sulfone groups is 1. The average Bonchev–Trinajstić information content (AvgIpc) is 2.43. The summed E-state index contributed by atoms with van der Waals surface area (Å²) in [6.07, 6.45) is 0.917. The van der Waals surface area contributed by atoms with E-state index in [4.69, 9.17) is 11.6 Å². The molecule has 1 aliphatic heterocycles. The molecule has 20 heavy (non-hydrogen) atoms. The van der Waals surface area contributed by atoms with Crippen molar-refractivity contribution in [2.45, 2.75) is 12.5 Å². The number of benzene rings is 1. The SMILES string of the molecule is CNC(CCN1CCS(=O)(=O)CC1)c1ccccc1Cl. The normalized spacial score (nSPS) is 20.7. The molecule has 0 bridgehead atoms. The topological polar surface area (TPSA) is 49.4 Å². The maximum atomic E-state index is 11.4. The predicted molar refractivity (Wildman–Crippen MR) is 83.0 cm³/mol. The van der Waals surface area contributed by atoms with E-state index in [-0.39, 0.29) is 17.5 Å². The number of rotatable bonds is 5. The molecule has 2 rings (SSSR count). The number of hydrogen-bond donors (Lipinski definition) is 1. The zero-order valence-corrected chi connectivity index (χ0v) is 13.3. The van der Waals surface area contributed by atoms with E-state index in [0.29, 0.717) is 13.1 Å². The number of hydrogen-bond acceptors (Lipinski definition) is 4. The van der Waals surface area contributed by atoms with Crippen molar-refractivity contribution in [2.24, 2.45) is 0 Å². The van der Waals surface area contributed by atoms with Crippen molar-refractivity contribution in [3.8, 4) is 0 Å². The zero-order chi connectivity index (χ0) is 14.6. The van der Waals surface area contributed by atoms with Crippen LogP contribution in [0.1, 0.15) is 18.0 Å². The van der Waals surface area contributed by atoms with Gasteiger partial charge in [-0.1, -0.05) is 29.8 Å². The van der Waals surface area contributed by atoms with Crippen molar-refractivity contribution in [3.05, 3.63) is 34.9 Å². The number of halogens is 1. The third kappa shape index (κ3) is 4.19. The van der Waals surface area contributed by atoms with Gasteiger partial charge in [0, 0.05) is 30.7 Å². The van der Waals surface area contributed by atoms with Crippen LogP contribution < -0.4 is 5.32 Å². The average molecular weight is 317 g/mol. The molecule has 0 amide bonds. The lowest BCUT2D eigenvalue weighted by Gasteiger charge is -2.28. The van der Waals surface area contributed by atoms with E-state index < -0.39 is 9.84 Å². The van der Waals surface area contributed by atoms with Gasteiger partial charge in [-0.05, 0) is 25.1 Å². The van der Waals surface area contributed by atoms with Crippen molar-refractivity contribution in [1.29, 1.82) is 0 Å². The van der Waals surface area contributed by atoms with Gasteiger partial charge in [-0.2, -0.15) is 0 Å². The van der Waals surface area contributed by atoms with Crippen LogP contribution in [-0.2, 0) is 9.84 Å².